The number of amides is 2. The molecule has 0 fully saturated rings. The Bertz CT molecular complexity index is 1800. The van der Waals surface area contributed by atoms with Crippen LogP contribution in [0.25, 0.3) is 17.2 Å². The number of Topliss-reactive ketones (excluding diaryl/α,β-unsaturated/α-hetero) is 1. The number of anilines is 2. The van der Waals surface area contributed by atoms with Gasteiger partial charge in [0, 0.05) is 41.5 Å². The molecular formula is C38H33N3O3S. The number of hydrogen-bond donors (Lipinski definition) is 2. The zero-order valence-corrected chi connectivity index (χ0v) is 25.9. The number of thioether (sulfide) groups is 1. The molecule has 0 unspecified atom stereocenters. The summed E-state index contributed by atoms with van der Waals surface area (Å²) in [5.74, 6) is -0.582. The van der Waals surface area contributed by atoms with Gasteiger partial charge in [0.2, 0.25) is 0 Å². The van der Waals surface area contributed by atoms with Crippen molar-refractivity contribution in [2.45, 2.75) is 4.90 Å². The molecule has 0 aliphatic heterocycles. The van der Waals surface area contributed by atoms with Gasteiger partial charge in [-0.3, -0.25) is 14.4 Å². The van der Waals surface area contributed by atoms with Crippen LogP contribution in [0.1, 0.15) is 26.3 Å². The first-order valence-corrected chi connectivity index (χ1v) is 15.4. The van der Waals surface area contributed by atoms with E-state index in [0.717, 1.165) is 27.3 Å². The van der Waals surface area contributed by atoms with E-state index in [1.165, 1.54) is 11.8 Å². The number of rotatable bonds is 11. The summed E-state index contributed by atoms with van der Waals surface area (Å²) in [6.07, 6.45) is 1.65. The van der Waals surface area contributed by atoms with Gasteiger partial charge >= 0.3 is 0 Å². The number of carbonyl (C=O) groups is 3. The van der Waals surface area contributed by atoms with E-state index in [1.807, 2.05) is 122 Å². The fourth-order valence-electron chi connectivity index (χ4n) is 4.55. The van der Waals surface area contributed by atoms with Gasteiger partial charge in [0.15, 0.2) is 5.78 Å². The van der Waals surface area contributed by atoms with E-state index < -0.39 is 5.91 Å². The fraction of sp³-hybridized carbons (Fsp3) is 0.0789. The number of nitrogens with one attached hydrogen (secondary N) is 2. The van der Waals surface area contributed by atoms with Crippen LogP contribution in [0.15, 0.2) is 144 Å². The summed E-state index contributed by atoms with van der Waals surface area (Å²) < 4.78 is 0. The minimum Gasteiger partial charge on any atom is -0.378 e. The summed E-state index contributed by atoms with van der Waals surface area (Å²) in [7, 11) is 3.91. The molecule has 224 valence electrons. The molecule has 0 saturated carbocycles. The molecule has 2 N–H and O–H groups in total. The number of ketones is 1. The van der Waals surface area contributed by atoms with Crippen molar-refractivity contribution in [1.82, 2.24) is 5.32 Å². The second kappa shape index (κ2) is 14.9. The third-order valence-electron chi connectivity index (χ3n) is 7.03. The first-order chi connectivity index (χ1) is 21.9. The zero-order chi connectivity index (χ0) is 31.6. The SMILES string of the molecule is CN(C)c1ccc(/C=C(\NC(=O)c2ccccc2)C(=O)Nc2cccc(SCC(=O)c3ccc(-c4ccccc4)cc3)c2)cc1. The Balaban J connectivity index is 1.27. The quantitative estimate of drug-likeness (QED) is 0.0905. The minimum atomic E-state index is -0.465. The Hall–Kier alpha value is -5.40. The summed E-state index contributed by atoms with van der Waals surface area (Å²) in [5.41, 5.74) is 5.68. The van der Waals surface area contributed by atoms with Crippen LogP contribution in [-0.4, -0.2) is 37.4 Å². The van der Waals surface area contributed by atoms with Crippen molar-refractivity contribution in [3.63, 3.8) is 0 Å². The molecule has 5 aromatic rings. The molecule has 5 rings (SSSR count). The molecule has 5 aromatic carbocycles. The summed E-state index contributed by atoms with van der Waals surface area (Å²) in [6, 6.07) is 41.4. The van der Waals surface area contributed by atoms with Crippen LogP contribution in [0.5, 0.6) is 0 Å². The molecule has 0 heterocycles. The second-order valence-electron chi connectivity index (χ2n) is 10.5. The molecule has 0 atom stereocenters. The highest BCUT2D eigenvalue weighted by molar-refractivity contribution is 8.00. The van der Waals surface area contributed by atoms with Gasteiger partial charge in [-0.1, -0.05) is 91.0 Å². The Morgan fingerprint density at radius 1 is 0.689 bits per heavy atom. The number of nitrogens with zero attached hydrogens (tertiary/aromatic N) is 1. The third-order valence-corrected chi connectivity index (χ3v) is 8.02. The second-order valence-corrected chi connectivity index (χ2v) is 11.6. The van der Waals surface area contributed by atoms with Crippen LogP contribution in [0, 0.1) is 0 Å². The topological polar surface area (TPSA) is 78.5 Å². The van der Waals surface area contributed by atoms with Crippen LogP contribution >= 0.6 is 11.8 Å². The highest BCUT2D eigenvalue weighted by Crippen LogP contribution is 2.25. The maximum Gasteiger partial charge on any atom is 0.272 e. The smallest absolute Gasteiger partial charge is 0.272 e. The molecule has 7 heteroatoms. The molecule has 0 aromatic heterocycles. The normalized spacial score (nSPS) is 11.0. The summed E-state index contributed by atoms with van der Waals surface area (Å²) in [5, 5.41) is 5.68. The van der Waals surface area contributed by atoms with Gasteiger partial charge in [-0.2, -0.15) is 0 Å². The van der Waals surface area contributed by atoms with Crippen LogP contribution in [0.2, 0.25) is 0 Å². The molecule has 45 heavy (non-hydrogen) atoms. The molecule has 6 nitrogen and oxygen atoms in total. The highest BCUT2D eigenvalue weighted by Gasteiger charge is 2.16. The molecule has 0 aliphatic carbocycles. The van der Waals surface area contributed by atoms with Gasteiger partial charge < -0.3 is 15.5 Å². The van der Waals surface area contributed by atoms with E-state index >= 15 is 0 Å². The molecule has 0 bridgehead atoms. The van der Waals surface area contributed by atoms with Crippen molar-refractivity contribution in [2.75, 3.05) is 30.1 Å². The first kappa shape index (κ1) is 31.0. The number of carbonyl (C=O) groups excluding carboxylic acids is 3. The predicted octanol–water partition coefficient (Wildman–Crippen LogP) is 7.80. The van der Waals surface area contributed by atoms with E-state index in [9.17, 15) is 14.4 Å². The lowest BCUT2D eigenvalue weighted by Gasteiger charge is -2.14. The number of benzene rings is 5. The first-order valence-electron chi connectivity index (χ1n) is 14.4. The lowest BCUT2D eigenvalue weighted by atomic mass is 10.0. The van der Waals surface area contributed by atoms with Crippen molar-refractivity contribution < 1.29 is 14.4 Å². The van der Waals surface area contributed by atoms with Gasteiger partial charge in [-0.05, 0) is 65.2 Å². The number of hydrogen-bond acceptors (Lipinski definition) is 5. The average molecular weight is 612 g/mol. The molecule has 2 amide bonds. The van der Waals surface area contributed by atoms with Crippen molar-refractivity contribution in [2.24, 2.45) is 0 Å². The van der Waals surface area contributed by atoms with E-state index in [0.29, 0.717) is 16.8 Å². The minimum absolute atomic E-state index is 0.0168. The molecule has 0 radical (unpaired) electrons. The molecular weight excluding hydrogens is 579 g/mol. The average Bonchev–Trinajstić information content (AvgIpc) is 3.08. The van der Waals surface area contributed by atoms with E-state index in [1.54, 1.807) is 36.4 Å². The van der Waals surface area contributed by atoms with Crippen LogP contribution < -0.4 is 15.5 Å². The van der Waals surface area contributed by atoms with Gasteiger partial charge in [-0.15, -0.1) is 11.8 Å². The van der Waals surface area contributed by atoms with E-state index in [4.69, 9.17) is 0 Å². The van der Waals surface area contributed by atoms with Gasteiger partial charge in [0.05, 0.1) is 5.75 Å². The maximum atomic E-state index is 13.5. The summed E-state index contributed by atoms with van der Waals surface area (Å²) >= 11 is 1.40. The fourth-order valence-corrected chi connectivity index (χ4v) is 5.40. The Labute approximate surface area is 267 Å². The summed E-state index contributed by atoms with van der Waals surface area (Å²) in [4.78, 5) is 42.2. The van der Waals surface area contributed by atoms with Crippen molar-refractivity contribution in [1.29, 1.82) is 0 Å². The Morgan fingerprint density at radius 2 is 1.33 bits per heavy atom. The Morgan fingerprint density at radius 3 is 2.00 bits per heavy atom. The van der Waals surface area contributed by atoms with Crippen LogP contribution in [0.3, 0.4) is 0 Å². The van der Waals surface area contributed by atoms with Gasteiger partial charge in [0.1, 0.15) is 5.70 Å². The van der Waals surface area contributed by atoms with Crippen molar-refractivity contribution in [3.05, 3.63) is 156 Å². The zero-order valence-electron chi connectivity index (χ0n) is 25.1. The van der Waals surface area contributed by atoms with E-state index in [-0.39, 0.29) is 23.1 Å². The highest BCUT2D eigenvalue weighted by atomic mass is 32.2. The van der Waals surface area contributed by atoms with Gasteiger partial charge in [-0.25, -0.2) is 0 Å². The van der Waals surface area contributed by atoms with Gasteiger partial charge in [0.25, 0.3) is 11.8 Å². The monoisotopic (exact) mass is 611 g/mol. The molecule has 0 spiro atoms. The maximum absolute atomic E-state index is 13.5. The largest absolute Gasteiger partial charge is 0.378 e. The van der Waals surface area contributed by atoms with Crippen LogP contribution in [0.4, 0.5) is 11.4 Å². The summed E-state index contributed by atoms with van der Waals surface area (Å²) in [6.45, 7) is 0. The lowest BCUT2D eigenvalue weighted by Crippen LogP contribution is -2.30. The molecule has 0 aliphatic rings. The molecule has 0 saturated heterocycles. The lowest BCUT2D eigenvalue weighted by molar-refractivity contribution is -0.113. The van der Waals surface area contributed by atoms with Crippen molar-refractivity contribution in [3.8, 4) is 11.1 Å². The Kier molecular flexibility index (Phi) is 10.2. The van der Waals surface area contributed by atoms with Crippen molar-refractivity contribution >= 4 is 46.8 Å². The van der Waals surface area contributed by atoms with E-state index in [2.05, 4.69) is 10.6 Å². The standard InChI is InChI=1S/C38H33N3O3S/c1-41(2)33-22-16-27(17-23-33)24-35(40-37(43)31-12-7-4-8-13-31)38(44)39-32-14-9-15-34(25-32)45-26-36(42)30-20-18-29(19-21-30)28-10-5-3-6-11-28/h3-25H,26H2,1-2H3,(H,39,44)(H,40,43)/b35-24-. The predicted molar refractivity (Wildman–Crippen MR) is 185 cm³/mol. The van der Waals surface area contributed by atoms with Crippen LogP contribution in [-0.2, 0) is 4.79 Å². The third kappa shape index (κ3) is 8.59.